The number of guanidine groups is 1. The second kappa shape index (κ2) is 8.65. The van der Waals surface area contributed by atoms with E-state index in [4.69, 9.17) is 4.52 Å². The fourth-order valence-electron chi connectivity index (χ4n) is 2.40. The van der Waals surface area contributed by atoms with Crippen molar-refractivity contribution in [2.24, 2.45) is 4.99 Å². The molecule has 124 valence electrons. The van der Waals surface area contributed by atoms with Gasteiger partial charge >= 0.3 is 0 Å². The molecular formula is C14H20IN7O. The molecule has 3 rings (SSSR count). The van der Waals surface area contributed by atoms with Crippen LogP contribution in [0.2, 0.25) is 0 Å². The maximum Gasteiger partial charge on any atom is 0.225 e. The van der Waals surface area contributed by atoms with Crippen LogP contribution in [0.4, 0.5) is 5.95 Å². The van der Waals surface area contributed by atoms with E-state index in [9.17, 15) is 0 Å². The first-order valence-electron chi connectivity index (χ1n) is 7.23. The molecule has 2 aromatic heterocycles. The highest BCUT2D eigenvalue weighted by atomic mass is 127. The Bertz CT molecular complexity index is 597. The largest absolute Gasteiger partial charge is 0.364 e. The van der Waals surface area contributed by atoms with E-state index in [0.717, 1.165) is 43.8 Å². The van der Waals surface area contributed by atoms with Crippen molar-refractivity contribution >= 4 is 35.9 Å². The zero-order valence-corrected chi connectivity index (χ0v) is 15.3. The van der Waals surface area contributed by atoms with E-state index in [2.05, 4.69) is 35.2 Å². The Morgan fingerprint density at radius 3 is 2.61 bits per heavy atom. The van der Waals surface area contributed by atoms with Crippen LogP contribution in [0.25, 0.3) is 0 Å². The zero-order valence-electron chi connectivity index (χ0n) is 12.9. The standard InChI is InChI=1S/C14H19N7O.HI/c1-15-13(18-11-12-3-10-22-19-12)20-6-8-21(9-7-20)14-16-4-2-5-17-14;/h2-5,10H,6-9,11H2,1H3,(H,15,18);1H. The van der Waals surface area contributed by atoms with Crippen LogP contribution < -0.4 is 10.2 Å². The maximum atomic E-state index is 4.82. The van der Waals surface area contributed by atoms with Gasteiger partial charge in [0.1, 0.15) is 12.0 Å². The van der Waals surface area contributed by atoms with Crippen molar-refractivity contribution in [3.63, 3.8) is 0 Å². The third-order valence-corrected chi connectivity index (χ3v) is 3.54. The number of nitrogens with zero attached hydrogens (tertiary/aromatic N) is 6. The van der Waals surface area contributed by atoms with E-state index in [0.29, 0.717) is 6.54 Å². The molecule has 1 aliphatic heterocycles. The Labute approximate surface area is 152 Å². The smallest absolute Gasteiger partial charge is 0.225 e. The van der Waals surface area contributed by atoms with E-state index in [-0.39, 0.29) is 24.0 Å². The number of piperazine rings is 1. The summed E-state index contributed by atoms with van der Waals surface area (Å²) in [6.45, 7) is 4.09. The van der Waals surface area contributed by atoms with Gasteiger partial charge in [0.25, 0.3) is 0 Å². The maximum absolute atomic E-state index is 4.82. The first-order valence-corrected chi connectivity index (χ1v) is 7.23. The van der Waals surface area contributed by atoms with E-state index in [1.54, 1.807) is 25.7 Å². The summed E-state index contributed by atoms with van der Waals surface area (Å²) in [4.78, 5) is 17.3. The quantitative estimate of drug-likeness (QED) is 0.443. The normalized spacial score (nSPS) is 15.3. The summed E-state index contributed by atoms with van der Waals surface area (Å²) in [5.41, 5.74) is 0.859. The minimum Gasteiger partial charge on any atom is -0.364 e. The number of anilines is 1. The van der Waals surface area contributed by atoms with Crippen LogP contribution in [0.3, 0.4) is 0 Å². The lowest BCUT2D eigenvalue weighted by Gasteiger charge is -2.36. The summed E-state index contributed by atoms with van der Waals surface area (Å²) in [6.07, 6.45) is 5.11. The Morgan fingerprint density at radius 1 is 1.26 bits per heavy atom. The molecule has 0 atom stereocenters. The second-order valence-electron chi connectivity index (χ2n) is 4.91. The van der Waals surface area contributed by atoms with Crippen LogP contribution in [0, 0.1) is 0 Å². The van der Waals surface area contributed by atoms with Gasteiger partial charge in [0.2, 0.25) is 5.95 Å². The highest BCUT2D eigenvalue weighted by molar-refractivity contribution is 14.0. The molecule has 0 aliphatic carbocycles. The monoisotopic (exact) mass is 429 g/mol. The molecule has 9 heteroatoms. The number of aromatic nitrogens is 3. The van der Waals surface area contributed by atoms with Gasteiger partial charge in [-0.1, -0.05) is 5.16 Å². The highest BCUT2D eigenvalue weighted by Crippen LogP contribution is 2.09. The number of nitrogens with one attached hydrogen (secondary N) is 1. The fourth-order valence-corrected chi connectivity index (χ4v) is 2.40. The van der Waals surface area contributed by atoms with Crippen LogP contribution in [-0.2, 0) is 6.54 Å². The topological polar surface area (TPSA) is 82.7 Å². The molecule has 23 heavy (non-hydrogen) atoms. The minimum atomic E-state index is 0. The van der Waals surface area contributed by atoms with Crippen molar-refractivity contribution in [2.45, 2.75) is 6.54 Å². The summed E-state index contributed by atoms with van der Waals surface area (Å²) in [6, 6.07) is 3.67. The van der Waals surface area contributed by atoms with Gasteiger partial charge in [-0.05, 0) is 6.07 Å². The fraction of sp³-hybridized carbons (Fsp3) is 0.429. The van der Waals surface area contributed by atoms with Crippen molar-refractivity contribution in [2.75, 3.05) is 38.1 Å². The molecule has 0 aromatic carbocycles. The van der Waals surface area contributed by atoms with Gasteiger partial charge in [-0.2, -0.15) is 0 Å². The van der Waals surface area contributed by atoms with Crippen molar-refractivity contribution in [3.05, 3.63) is 36.5 Å². The molecule has 1 fully saturated rings. The van der Waals surface area contributed by atoms with Crippen LogP contribution in [0.15, 0.2) is 40.3 Å². The predicted molar refractivity (Wildman–Crippen MR) is 97.9 cm³/mol. The molecule has 0 spiro atoms. The lowest BCUT2D eigenvalue weighted by atomic mass is 10.3. The second-order valence-corrected chi connectivity index (χ2v) is 4.91. The van der Waals surface area contributed by atoms with Crippen LogP contribution >= 0.6 is 24.0 Å². The third-order valence-electron chi connectivity index (χ3n) is 3.54. The van der Waals surface area contributed by atoms with Gasteiger partial charge < -0.3 is 19.6 Å². The van der Waals surface area contributed by atoms with Crippen LogP contribution in [0.1, 0.15) is 5.69 Å². The average molecular weight is 429 g/mol. The van der Waals surface area contributed by atoms with Gasteiger partial charge in [0.05, 0.1) is 6.54 Å². The summed E-state index contributed by atoms with van der Waals surface area (Å²) in [7, 11) is 1.79. The SMILES string of the molecule is CN=C(NCc1ccon1)N1CCN(c2ncccn2)CC1.I. The number of hydrogen-bond acceptors (Lipinski definition) is 6. The first kappa shape index (κ1) is 17.4. The van der Waals surface area contributed by atoms with Crippen molar-refractivity contribution in [1.82, 2.24) is 25.3 Å². The molecule has 8 nitrogen and oxygen atoms in total. The molecule has 0 saturated carbocycles. The number of aliphatic imine (C=N–C) groups is 1. The lowest BCUT2D eigenvalue weighted by molar-refractivity contribution is 0.368. The van der Waals surface area contributed by atoms with Gasteiger partial charge in [0, 0.05) is 51.7 Å². The summed E-state index contributed by atoms with van der Waals surface area (Å²) in [5.74, 6) is 1.66. The van der Waals surface area contributed by atoms with E-state index in [1.807, 2.05) is 12.1 Å². The van der Waals surface area contributed by atoms with Crippen molar-refractivity contribution in [1.29, 1.82) is 0 Å². The molecule has 0 amide bonds. The van der Waals surface area contributed by atoms with E-state index in [1.165, 1.54) is 0 Å². The van der Waals surface area contributed by atoms with Gasteiger partial charge in [-0.3, -0.25) is 4.99 Å². The van der Waals surface area contributed by atoms with Crippen molar-refractivity contribution < 1.29 is 4.52 Å². The molecule has 1 N–H and O–H groups in total. The Hall–Kier alpha value is -1.91. The third kappa shape index (κ3) is 4.53. The Morgan fingerprint density at radius 2 is 2.00 bits per heavy atom. The van der Waals surface area contributed by atoms with E-state index >= 15 is 0 Å². The average Bonchev–Trinajstić information content (AvgIpc) is 3.10. The summed E-state index contributed by atoms with van der Waals surface area (Å²) >= 11 is 0. The Kier molecular flexibility index (Phi) is 6.56. The van der Waals surface area contributed by atoms with Crippen LogP contribution in [0.5, 0.6) is 0 Å². The minimum absolute atomic E-state index is 0. The van der Waals surface area contributed by atoms with Crippen molar-refractivity contribution in [3.8, 4) is 0 Å². The highest BCUT2D eigenvalue weighted by Gasteiger charge is 2.21. The molecule has 1 saturated heterocycles. The van der Waals surface area contributed by atoms with Gasteiger partial charge in [-0.15, -0.1) is 24.0 Å². The summed E-state index contributed by atoms with van der Waals surface area (Å²) < 4.78 is 4.82. The zero-order chi connectivity index (χ0) is 15.2. The predicted octanol–water partition coefficient (Wildman–Crippen LogP) is 0.980. The van der Waals surface area contributed by atoms with Crippen LogP contribution in [-0.4, -0.2) is 59.2 Å². The number of halogens is 1. The molecule has 0 radical (unpaired) electrons. The molecule has 0 unspecified atom stereocenters. The molecule has 1 aliphatic rings. The molecule has 0 bridgehead atoms. The first-order chi connectivity index (χ1) is 10.9. The Balaban J connectivity index is 0.00000192. The summed E-state index contributed by atoms with van der Waals surface area (Å²) in [5, 5.41) is 7.18. The van der Waals surface area contributed by atoms with Gasteiger partial charge in [-0.25, -0.2) is 9.97 Å². The van der Waals surface area contributed by atoms with E-state index < -0.39 is 0 Å². The molecule has 2 aromatic rings. The molecular weight excluding hydrogens is 409 g/mol. The number of hydrogen-bond donors (Lipinski definition) is 1. The lowest BCUT2D eigenvalue weighted by Crippen LogP contribution is -2.52. The molecule has 3 heterocycles. The number of rotatable bonds is 3. The van der Waals surface area contributed by atoms with Gasteiger partial charge in [0.15, 0.2) is 5.96 Å².